The van der Waals surface area contributed by atoms with Gasteiger partial charge >= 0.3 is 6.18 Å². The quantitative estimate of drug-likeness (QED) is 0.318. The molecule has 0 fully saturated rings. The molecule has 0 aromatic heterocycles. The maximum Gasteiger partial charge on any atom is 0.417 e. The molecule has 30 heavy (non-hydrogen) atoms. The fraction of sp³-hybridized carbons (Fsp3) is 0.440. The Hall–Kier alpha value is -2.11. The zero-order valence-corrected chi connectivity index (χ0v) is 18.2. The molecule has 0 atom stereocenters. The van der Waals surface area contributed by atoms with Gasteiger partial charge in [-0.15, -0.1) is 0 Å². The van der Waals surface area contributed by atoms with E-state index < -0.39 is 11.7 Å². The molecule has 2 aromatic carbocycles. The van der Waals surface area contributed by atoms with Gasteiger partial charge in [-0.05, 0) is 70.1 Å². The van der Waals surface area contributed by atoms with Crippen molar-refractivity contribution in [1.29, 1.82) is 0 Å². The van der Waals surface area contributed by atoms with Crippen LogP contribution in [0.5, 0.6) is 0 Å². The average Bonchev–Trinajstić information content (AvgIpc) is 2.64. The van der Waals surface area contributed by atoms with Gasteiger partial charge in [-0.1, -0.05) is 64.1 Å². The molecule has 2 aromatic rings. The standard InChI is InChI=1S/C25H29F3O2/c1-16-12-21-22(24(4,5)11-10-23(21,2)3)14-19(16)13-20(25(26,27)28)18-8-6-17(7-9-18)15-30-29/h6-9,12-14,29H,10-11,15H2,1-5H3/b20-13+. The lowest BCUT2D eigenvalue weighted by Crippen LogP contribution is -2.34. The Labute approximate surface area is 176 Å². The van der Waals surface area contributed by atoms with Crippen molar-refractivity contribution in [2.75, 3.05) is 0 Å². The maximum absolute atomic E-state index is 14.0. The van der Waals surface area contributed by atoms with Gasteiger partial charge in [-0.2, -0.15) is 13.2 Å². The van der Waals surface area contributed by atoms with E-state index in [1.165, 1.54) is 35.9 Å². The maximum atomic E-state index is 14.0. The van der Waals surface area contributed by atoms with Crippen molar-refractivity contribution in [1.82, 2.24) is 0 Å². The molecule has 0 heterocycles. The van der Waals surface area contributed by atoms with Crippen LogP contribution < -0.4 is 0 Å². The minimum Gasteiger partial charge on any atom is -0.251 e. The number of halogens is 3. The van der Waals surface area contributed by atoms with Crippen LogP contribution in [0.1, 0.15) is 73.9 Å². The molecule has 3 rings (SSSR count). The molecule has 0 saturated carbocycles. The van der Waals surface area contributed by atoms with Gasteiger partial charge in [0.05, 0.1) is 5.57 Å². The fourth-order valence-electron chi connectivity index (χ4n) is 4.23. The summed E-state index contributed by atoms with van der Waals surface area (Å²) in [5.74, 6) is 0. The van der Waals surface area contributed by atoms with Crippen molar-refractivity contribution in [3.8, 4) is 0 Å². The predicted octanol–water partition coefficient (Wildman–Crippen LogP) is 7.44. The molecule has 0 amide bonds. The van der Waals surface area contributed by atoms with Crippen LogP contribution in [0.15, 0.2) is 36.4 Å². The van der Waals surface area contributed by atoms with Crippen LogP contribution in [0.2, 0.25) is 0 Å². The summed E-state index contributed by atoms with van der Waals surface area (Å²) in [6.07, 6.45) is -1.18. The van der Waals surface area contributed by atoms with Crippen molar-refractivity contribution in [2.24, 2.45) is 0 Å². The Balaban J connectivity index is 2.14. The van der Waals surface area contributed by atoms with Crippen molar-refractivity contribution >= 4 is 11.6 Å². The molecule has 1 N–H and O–H groups in total. The van der Waals surface area contributed by atoms with Crippen LogP contribution in [0.4, 0.5) is 13.2 Å². The number of allylic oxidation sites excluding steroid dienone is 1. The zero-order valence-electron chi connectivity index (χ0n) is 18.2. The van der Waals surface area contributed by atoms with E-state index >= 15 is 0 Å². The summed E-state index contributed by atoms with van der Waals surface area (Å²) in [5.41, 5.74) is 3.72. The van der Waals surface area contributed by atoms with E-state index in [0.717, 1.165) is 24.0 Å². The molecule has 0 radical (unpaired) electrons. The van der Waals surface area contributed by atoms with Gasteiger partial charge in [0.1, 0.15) is 6.61 Å². The Morgan fingerprint density at radius 3 is 2.03 bits per heavy atom. The minimum atomic E-state index is -4.49. The van der Waals surface area contributed by atoms with Gasteiger partial charge < -0.3 is 0 Å². The molecule has 1 aliphatic rings. The topological polar surface area (TPSA) is 29.5 Å². The normalized spacial score (nSPS) is 18.2. The number of benzene rings is 2. The van der Waals surface area contributed by atoms with Crippen molar-refractivity contribution in [2.45, 2.75) is 71.1 Å². The highest BCUT2D eigenvalue weighted by Gasteiger charge is 2.38. The van der Waals surface area contributed by atoms with Crippen molar-refractivity contribution in [3.63, 3.8) is 0 Å². The van der Waals surface area contributed by atoms with Gasteiger partial charge in [0, 0.05) is 0 Å². The van der Waals surface area contributed by atoms with Crippen LogP contribution >= 0.6 is 0 Å². The molecule has 2 nitrogen and oxygen atoms in total. The number of aryl methyl sites for hydroxylation is 1. The summed E-state index contributed by atoms with van der Waals surface area (Å²) < 4.78 is 41.9. The molecule has 0 bridgehead atoms. The fourth-order valence-corrected chi connectivity index (χ4v) is 4.23. The molecule has 0 saturated heterocycles. The highest BCUT2D eigenvalue weighted by molar-refractivity contribution is 5.85. The van der Waals surface area contributed by atoms with Crippen LogP contribution in [-0.4, -0.2) is 11.4 Å². The zero-order chi connectivity index (χ0) is 22.3. The Bertz CT molecular complexity index is 952. The lowest BCUT2D eigenvalue weighted by Gasteiger charge is -2.42. The summed E-state index contributed by atoms with van der Waals surface area (Å²) in [6, 6.07) is 9.89. The summed E-state index contributed by atoms with van der Waals surface area (Å²) in [6.45, 7) is 10.5. The SMILES string of the molecule is Cc1cc2c(cc1/C=C(\c1ccc(COO)cc1)C(F)(F)F)C(C)(C)CCC2(C)C. The molecule has 5 heteroatoms. The first-order valence-corrected chi connectivity index (χ1v) is 10.2. The highest BCUT2D eigenvalue weighted by atomic mass is 19.4. The molecule has 162 valence electrons. The van der Waals surface area contributed by atoms with Crippen LogP contribution in [0.3, 0.4) is 0 Å². The van der Waals surface area contributed by atoms with E-state index in [2.05, 4.69) is 38.6 Å². The second-order valence-electron chi connectivity index (χ2n) is 9.55. The monoisotopic (exact) mass is 418 g/mol. The highest BCUT2D eigenvalue weighted by Crippen LogP contribution is 2.47. The second kappa shape index (κ2) is 7.86. The number of rotatable bonds is 4. The van der Waals surface area contributed by atoms with E-state index in [0.29, 0.717) is 11.1 Å². The van der Waals surface area contributed by atoms with E-state index in [4.69, 9.17) is 5.26 Å². The smallest absolute Gasteiger partial charge is 0.251 e. The van der Waals surface area contributed by atoms with Gasteiger partial charge in [0.25, 0.3) is 0 Å². The Kier molecular flexibility index (Phi) is 5.91. The summed E-state index contributed by atoms with van der Waals surface area (Å²) in [5, 5.41) is 8.54. The summed E-state index contributed by atoms with van der Waals surface area (Å²) in [4.78, 5) is 4.06. The lowest BCUT2D eigenvalue weighted by atomic mass is 9.62. The number of fused-ring (bicyclic) bond motifs is 1. The third kappa shape index (κ3) is 4.47. The van der Waals surface area contributed by atoms with Crippen LogP contribution in [0, 0.1) is 6.92 Å². The van der Waals surface area contributed by atoms with Crippen LogP contribution in [0.25, 0.3) is 11.6 Å². The molecule has 0 aliphatic heterocycles. The van der Waals surface area contributed by atoms with Gasteiger partial charge in [0.15, 0.2) is 0 Å². The predicted molar refractivity (Wildman–Crippen MR) is 114 cm³/mol. The average molecular weight is 418 g/mol. The largest absolute Gasteiger partial charge is 0.417 e. The lowest BCUT2D eigenvalue weighted by molar-refractivity contribution is -0.253. The molecule has 0 unspecified atom stereocenters. The molecular weight excluding hydrogens is 389 g/mol. The third-order valence-electron chi connectivity index (χ3n) is 6.34. The van der Waals surface area contributed by atoms with E-state index in [1.807, 2.05) is 13.0 Å². The number of alkyl halides is 3. The van der Waals surface area contributed by atoms with Gasteiger partial charge in [-0.25, -0.2) is 4.89 Å². The van der Waals surface area contributed by atoms with Crippen LogP contribution in [-0.2, 0) is 22.3 Å². The first-order valence-electron chi connectivity index (χ1n) is 10.2. The first kappa shape index (κ1) is 22.6. The Morgan fingerprint density at radius 1 is 1.00 bits per heavy atom. The molecule has 1 aliphatic carbocycles. The second-order valence-corrected chi connectivity index (χ2v) is 9.55. The van der Waals surface area contributed by atoms with E-state index in [9.17, 15) is 13.2 Å². The summed E-state index contributed by atoms with van der Waals surface area (Å²) >= 11 is 0. The van der Waals surface area contributed by atoms with Gasteiger partial charge in [-0.3, -0.25) is 5.26 Å². The van der Waals surface area contributed by atoms with E-state index in [1.54, 1.807) is 0 Å². The number of hydrogen-bond donors (Lipinski definition) is 1. The van der Waals surface area contributed by atoms with Crippen molar-refractivity contribution < 1.29 is 23.3 Å². The Morgan fingerprint density at radius 2 is 1.53 bits per heavy atom. The van der Waals surface area contributed by atoms with E-state index in [-0.39, 0.29) is 23.0 Å². The number of hydrogen-bond acceptors (Lipinski definition) is 2. The van der Waals surface area contributed by atoms with Crippen molar-refractivity contribution in [3.05, 3.63) is 69.8 Å². The first-order chi connectivity index (χ1) is 13.8. The third-order valence-corrected chi connectivity index (χ3v) is 6.34. The molecule has 0 spiro atoms. The molecular formula is C25H29F3O2. The minimum absolute atomic E-state index is 0.00925. The van der Waals surface area contributed by atoms with Gasteiger partial charge in [0.2, 0.25) is 0 Å². The summed E-state index contributed by atoms with van der Waals surface area (Å²) in [7, 11) is 0.